The van der Waals surface area contributed by atoms with Crippen molar-refractivity contribution in [2.75, 3.05) is 5.32 Å². The van der Waals surface area contributed by atoms with Crippen molar-refractivity contribution in [3.63, 3.8) is 0 Å². The van der Waals surface area contributed by atoms with Gasteiger partial charge in [0.2, 0.25) is 0 Å². The summed E-state index contributed by atoms with van der Waals surface area (Å²) in [5, 5.41) is 9.04. The van der Waals surface area contributed by atoms with Gasteiger partial charge in [-0.3, -0.25) is 4.68 Å². The molecule has 0 bridgehead atoms. The van der Waals surface area contributed by atoms with E-state index < -0.39 is 0 Å². The van der Waals surface area contributed by atoms with E-state index in [9.17, 15) is 0 Å². The molecule has 2 aromatic rings. The summed E-state index contributed by atoms with van der Waals surface area (Å²) in [6, 6.07) is 2.65. The number of aromatic nitrogens is 3. The first kappa shape index (κ1) is 13.1. The van der Waals surface area contributed by atoms with E-state index in [0.29, 0.717) is 6.04 Å². The van der Waals surface area contributed by atoms with Crippen LogP contribution in [-0.2, 0) is 0 Å². The maximum absolute atomic E-state index is 4.50. The fourth-order valence-corrected chi connectivity index (χ4v) is 2.87. The molecule has 5 heteroatoms. The first-order chi connectivity index (χ1) is 8.47. The quantitative estimate of drug-likeness (QED) is 0.915. The van der Waals surface area contributed by atoms with E-state index in [-0.39, 0.29) is 6.04 Å². The molecule has 0 aliphatic rings. The molecule has 0 radical (unpaired) electrons. The van der Waals surface area contributed by atoms with E-state index in [4.69, 9.17) is 0 Å². The lowest BCUT2D eigenvalue weighted by Gasteiger charge is -2.12. The van der Waals surface area contributed by atoms with E-state index >= 15 is 0 Å². The smallest absolute Gasteiger partial charge is 0.148 e. The highest BCUT2D eigenvalue weighted by Gasteiger charge is 2.13. The third kappa shape index (κ3) is 2.72. The Kier molecular flexibility index (Phi) is 3.71. The number of anilines is 1. The van der Waals surface area contributed by atoms with Crippen molar-refractivity contribution >= 4 is 17.2 Å². The van der Waals surface area contributed by atoms with Crippen molar-refractivity contribution in [2.45, 2.75) is 46.7 Å². The molecule has 98 valence electrons. The molecule has 1 atom stereocenters. The summed E-state index contributed by atoms with van der Waals surface area (Å²) in [7, 11) is 0. The zero-order chi connectivity index (χ0) is 13.3. The number of aryl methyl sites for hydroxylation is 2. The molecule has 0 saturated heterocycles. The van der Waals surface area contributed by atoms with Gasteiger partial charge < -0.3 is 5.32 Å². The van der Waals surface area contributed by atoms with Crippen LogP contribution in [0.25, 0.3) is 0 Å². The molecule has 2 aromatic heterocycles. The predicted octanol–water partition coefficient (Wildman–Crippen LogP) is 3.71. The van der Waals surface area contributed by atoms with Crippen LogP contribution < -0.4 is 5.32 Å². The molecule has 4 nitrogen and oxygen atoms in total. The Labute approximate surface area is 112 Å². The number of nitrogens with one attached hydrogen (secondary N) is 1. The van der Waals surface area contributed by atoms with Crippen molar-refractivity contribution in [1.29, 1.82) is 0 Å². The van der Waals surface area contributed by atoms with Crippen molar-refractivity contribution in [3.8, 4) is 0 Å². The van der Waals surface area contributed by atoms with Crippen molar-refractivity contribution in [3.05, 3.63) is 27.8 Å². The van der Waals surface area contributed by atoms with Crippen molar-refractivity contribution < 1.29 is 0 Å². The minimum Gasteiger partial charge on any atom is -0.361 e. The second kappa shape index (κ2) is 5.10. The van der Waals surface area contributed by atoms with Crippen molar-refractivity contribution in [2.24, 2.45) is 0 Å². The van der Waals surface area contributed by atoms with Gasteiger partial charge in [0.25, 0.3) is 0 Å². The minimum atomic E-state index is 0.242. The second-order valence-electron chi connectivity index (χ2n) is 4.82. The second-order valence-corrected chi connectivity index (χ2v) is 6.06. The van der Waals surface area contributed by atoms with E-state index in [0.717, 1.165) is 16.5 Å². The highest BCUT2D eigenvalue weighted by Crippen LogP contribution is 2.27. The summed E-state index contributed by atoms with van der Waals surface area (Å²) in [6.07, 6.45) is 2.00. The molecule has 0 aliphatic heterocycles. The molecular weight excluding hydrogens is 244 g/mol. The van der Waals surface area contributed by atoms with Gasteiger partial charge in [-0.1, -0.05) is 0 Å². The van der Waals surface area contributed by atoms with Gasteiger partial charge >= 0.3 is 0 Å². The Morgan fingerprint density at radius 3 is 2.50 bits per heavy atom. The van der Waals surface area contributed by atoms with Crippen LogP contribution in [0.1, 0.15) is 48.4 Å². The predicted molar refractivity (Wildman–Crippen MR) is 76.2 cm³/mol. The topological polar surface area (TPSA) is 42.7 Å². The molecule has 0 aromatic carbocycles. The average Bonchev–Trinajstić information content (AvgIpc) is 2.85. The molecule has 2 rings (SSSR count). The molecule has 0 fully saturated rings. The molecule has 2 heterocycles. The largest absolute Gasteiger partial charge is 0.361 e. The van der Waals surface area contributed by atoms with Crippen molar-refractivity contribution in [1.82, 2.24) is 14.8 Å². The summed E-state index contributed by atoms with van der Waals surface area (Å²) >= 11 is 1.75. The molecule has 1 N–H and O–H groups in total. The molecular formula is C13H20N4S. The van der Waals surface area contributed by atoms with Crippen LogP contribution in [0.5, 0.6) is 0 Å². The molecule has 18 heavy (non-hydrogen) atoms. The molecule has 1 unspecified atom stereocenters. The molecule has 0 aliphatic carbocycles. The maximum atomic E-state index is 4.50. The lowest BCUT2D eigenvalue weighted by atomic mass is 10.2. The minimum absolute atomic E-state index is 0.242. The van der Waals surface area contributed by atoms with Gasteiger partial charge in [0.05, 0.1) is 16.7 Å². The fourth-order valence-electron chi connectivity index (χ4n) is 1.94. The van der Waals surface area contributed by atoms with E-state index in [2.05, 4.69) is 43.1 Å². The summed E-state index contributed by atoms with van der Waals surface area (Å²) in [5.41, 5.74) is 1.11. The lowest BCUT2D eigenvalue weighted by molar-refractivity contribution is 0.533. The van der Waals surface area contributed by atoms with Gasteiger partial charge in [-0.25, -0.2) is 4.98 Å². The lowest BCUT2D eigenvalue weighted by Crippen LogP contribution is -2.08. The number of hydrogen-bond acceptors (Lipinski definition) is 4. The number of nitrogens with zero attached hydrogens (tertiary/aromatic N) is 3. The number of hydrogen-bond donors (Lipinski definition) is 1. The van der Waals surface area contributed by atoms with Gasteiger partial charge in [-0.2, -0.15) is 5.10 Å². The summed E-state index contributed by atoms with van der Waals surface area (Å²) < 4.78 is 1.96. The Morgan fingerprint density at radius 2 is 2.00 bits per heavy atom. The fraction of sp³-hybridized carbons (Fsp3) is 0.538. The standard InChI is InChI=1S/C13H20N4S/c1-8(2)17-7-6-12(16-17)15-10(4)13-9(3)14-11(5)18-13/h6-8,10H,1-5H3,(H,15,16). The maximum Gasteiger partial charge on any atom is 0.148 e. The molecule has 0 amide bonds. The zero-order valence-corrected chi connectivity index (χ0v) is 12.4. The monoisotopic (exact) mass is 264 g/mol. The van der Waals surface area contributed by atoms with Crippen LogP contribution in [0.15, 0.2) is 12.3 Å². The first-order valence-electron chi connectivity index (χ1n) is 6.23. The Balaban J connectivity index is 2.11. The van der Waals surface area contributed by atoms with Crippen LogP contribution in [0.3, 0.4) is 0 Å². The average molecular weight is 264 g/mol. The van der Waals surface area contributed by atoms with Gasteiger partial charge in [-0.05, 0) is 34.6 Å². The normalized spacial score (nSPS) is 13.0. The Hall–Kier alpha value is -1.36. The first-order valence-corrected chi connectivity index (χ1v) is 7.04. The highest BCUT2D eigenvalue weighted by molar-refractivity contribution is 7.11. The van der Waals surface area contributed by atoms with Gasteiger partial charge in [-0.15, -0.1) is 11.3 Å². The van der Waals surface area contributed by atoms with Gasteiger partial charge in [0, 0.05) is 23.2 Å². The summed E-state index contributed by atoms with van der Waals surface area (Å²) in [4.78, 5) is 5.74. The van der Waals surface area contributed by atoms with Gasteiger partial charge in [0.1, 0.15) is 5.82 Å². The number of rotatable bonds is 4. The Bertz CT molecular complexity index is 527. The molecule has 0 saturated carbocycles. The highest BCUT2D eigenvalue weighted by atomic mass is 32.1. The SMILES string of the molecule is Cc1nc(C)c(C(C)Nc2ccn(C(C)C)n2)s1. The third-order valence-electron chi connectivity index (χ3n) is 2.83. The van der Waals surface area contributed by atoms with Crippen LogP contribution in [0, 0.1) is 13.8 Å². The molecule has 0 spiro atoms. The van der Waals surface area contributed by atoms with E-state index in [1.54, 1.807) is 11.3 Å². The number of thiazole rings is 1. The van der Waals surface area contributed by atoms with E-state index in [1.807, 2.05) is 23.9 Å². The Morgan fingerprint density at radius 1 is 1.28 bits per heavy atom. The van der Waals surface area contributed by atoms with Gasteiger partial charge in [0.15, 0.2) is 0 Å². The zero-order valence-electron chi connectivity index (χ0n) is 11.6. The summed E-state index contributed by atoms with van der Waals surface area (Å²) in [6.45, 7) is 10.5. The van der Waals surface area contributed by atoms with Crippen LogP contribution in [0.2, 0.25) is 0 Å². The third-order valence-corrected chi connectivity index (χ3v) is 4.09. The van der Waals surface area contributed by atoms with Crippen LogP contribution in [-0.4, -0.2) is 14.8 Å². The van der Waals surface area contributed by atoms with Crippen LogP contribution >= 0.6 is 11.3 Å². The summed E-state index contributed by atoms with van der Waals surface area (Å²) in [5.74, 6) is 0.918. The van der Waals surface area contributed by atoms with Crippen LogP contribution in [0.4, 0.5) is 5.82 Å². The van der Waals surface area contributed by atoms with E-state index in [1.165, 1.54) is 4.88 Å².